The monoisotopic (exact) mass is 262 g/mol. The zero-order valence-electron chi connectivity index (χ0n) is 10.2. The van der Waals surface area contributed by atoms with E-state index in [9.17, 15) is 4.79 Å². The zero-order chi connectivity index (χ0) is 12.5. The lowest BCUT2D eigenvalue weighted by molar-refractivity contribution is -0.129. The molecule has 0 spiro atoms. The van der Waals surface area contributed by atoms with Gasteiger partial charge in [-0.05, 0) is 6.07 Å². The van der Waals surface area contributed by atoms with Crippen LogP contribution in [0, 0.1) is 0 Å². The number of nitrogens with zero attached hydrogens (tertiary/aromatic N) is 4. The average Bonchev–Trinajstić information content (AvgIpc) is 2.82. The van der Waals surface area contributed by atoms with Crippen molar-refractivity contribution in [1.29, 1.82) is 0 Å². The van der Waals surface area contributed by atoms with Crippen LogP contribution >= 0.6 is 11.3 Å². The van der Waals surface area contributed by atoms with Gasteiger partial charge in [0, 0.05) is 39.3 Å². The minimum atomic E-state index is 0.156. The van der Waals surface area contributed by atoms with Gasteiger partial charge in [0.25, 0.3) is 0 Å². The van der Waals surface area contributed by atoms with Crippen LogP contribution in [0.1, 0.15) is 6.92 Å². The third-order valence-corrected chi connectivity index (χ3v) is 4.27. The molecule has 0 bridgehead atoms. The summed E-state index contributed by atoms with van der Waals surface area (Å²) in [5.41, 5.74) is 0.950. The molecule has 3 rings (SSSR count). The molecule has 2 aromatic rings. The van der Waals surface area contributed by atoms with Gasteiger partial charge in [0.15, 0.2) is 5.13 Å². The summed E-state index contributed by atoms with van der Waals surface area (Å²) in [4.78, 5) is 24.1. The van der Waals surface area contributed by atoms with Crippen molar-refractivity contribution in [3.05, 3.63) is 18.5 Å². The third kappa shape index (κ3) is 2.03. The molecular formula is C12H14N4OS. The van der Waals surface area contributed by atoms with E-state index in [0.29, 0.717) is 0 Å². The van der Waals surface area contributed by atoms with Crippen LogP contribution in [0.2, 0.25) is 0 Å². The minimum Gasteiger partial charge on any atom is -0.345 e. The predicted molar refractivity (Wildman–Crippen MR) is 71.9 cm³/mol. The zero-order valence-corrected chi connectivity index (χ0v) is 11.0. The van der Waals surface area contributed by atoms with E-state index in [4.69, 9.17) is 0 Å². The predicted octanol–water partition coefficient (Wildman–Crippen LogP) is 1.36. The molecule has 0 radical (unpaired) electrons. The second kappa shape index (κ2) is 4.53. The Kier molecular flexibility index (Phi) is 2.87. The minimum absolute atomic E-state index is 0.156. The van der Waals surface area contributed by atoms with Gasteiger partial charge >= 0.3 is 0 Å². The Morgan fingerprint density at radius 3 is 2.78 bits per heavy atom. The van der Waals surface area contributed by atoms with Crippen LogP contribution in [0.25, 0.3) is 10.2 Å². The number of pyridine rings is 1. The summed E-state index contributed by atoms with van der Waals surface area (Å²) in [5.74, 6) is 0.156. The normalized spacial score (nSPS) is 16.3. The highest BCUT2D eigenvalue weighted by molar-refractivity contribution is 7.22. The number of hydrogen-bond acceptors (Lipinski definition) is 5. The van der Waals surface area contributed by atoms with Gasteiger partial charge in [-0.1, -0.05) is 11.3 Å². The number of anilines is 1. The van der Waals surface area contributed by atoms with Crippen molar-refractivity contribution in [2.24, 2.45) is 0 Å². The summed E-state index contributed by atoms with van der Waals surface area (Å²) in [7, 11) is 0. The number of rotatable bonds is 1. The molecule has 1 saturated heterocycles. The Bertz CT molecular complexity index is 541. The van der Waals surface area contributed by atoms with Crippen molar-refractivity contribution in [2.75, 3.05) is 31.1 Å². The van der Waals surface area contributed by atoms with Gasteiger partial charge in [-0.3, -0.25) is 9.78 Å². The van der Waals surface area contributed by atoms with E-state index in [2.05, 4.69) is 14.9 Å². The maximum atomic E-state index is 11.3. The fraction of sp³-hybridized carbons (Fsp3) is 0.417. The number of hydrogen-bond donors (Lipinski definition) is 0. The highest BCUT2D eigenvalue weighted by Gasteiger charge is 2.20. The van der Waals surface area contributed by atoms with Crippen molar-refractivity contribution in [3.8, 4) is 0 Å². The van der Waals surface area contributed by atoms with Crippen molar-refractivity contribution in [2.45, 2.75) is 6.92 Å². The van der Waals surface area contributed by atoms with Crippen LogP contribution in [-0.2, 0) is 4.79 Å². The Morgan fingerprint density at radius 1 is 1.33 bits per heavy atom. The first-order chi connectivity index (χ1) is 8.74. The molecule has 0 N–H and O–H groups in total. The van der Waals surface area contributed by atoms with Gasteiger partial charge in [0.05, 0.1) is 10.9 Å². The number of thiazole rings is 1. The van der Waals surface area contributed by atoms with Gasteiger partial charge in [-0.2, -0.15) is 0 Å². The highest BCUT2D eigenvalue weighted by atomic mass is 32.1. The lowest BCUT2D eigenvalue weighted by atomic mass is 10.3. The Balaban J connectivity index is 1.78. The van der Waals surface area contributed by atoms with E-state index in [1.165, 1.54) is 0 Å². The third-order valence-electron chi connectivity index (χ3n) is 3.17. The molecule has 0 unspecified atom stereocenters. The van der Waals surface area contributed by atoms with E-state index >= 15 is 0 Å². The molecule has 1 aliphatic heterocycles. The molecule has 0 atom stereocenters. The van der Waals surface area contributed by atoms with Crippen molar-refractivity contribution in [1.82, 2.24) is 14.9 Å². The van der Waals surface area contributed by atoms with E-state index in [0.717, 1.165) is 41.5 Å². The number of aromatic nitrogens is 2. The topological polar surface area (TPSA) is 49.3 Å². The SMILES string of the molecule is CC(=O)N1CCN(c2nc3cnccc3s2)CC1. The van der Waals surface area contributed by atoms with E-state index in [1.807, 2.05) is 11.0 Å². The largest absolute Gasteiger partial charge is 0.345 e. The van der Waals surface area contributed by atoms with E-state index in [-0.39, 0.29) is 5.91 Å². The summed E-state index contributed by atoms with van der Waals surface area (Å²) in [6.45, 7) is 4.89. The number of carbonyl (C=O) groups excluding carboxylic acids is 1. The molecule has 2 aromatic heterocycles. The molecule has 0 saturated carbocycles. The summed E-state index contributed by atoms with van der Waals surface area (Å²) < 4.78 is 1.16. The maximum absolute atomic E-state index is 11.3. The van der Waals surface area contributed by atoms with Gasteiger partial charge in [-0.15, -0.1) is 0 Å². The van der Waals surface area contributed by atoms with Crippen LogP contribution in [0.4, 0.5) is 5.13 Å². The van der Waals surface area contributed by atoms with Gasteiger partial charge < -0.3 is 9.80 Å². The van der Waals surface area contributed by atoms with Gasteiger partial charge in [0.2, 0.25) is 5.91 Å². The maximum Gasteiger partial charge on any atom is 0.219 e. The number of amides is 1. The summed E-state index contributed by atoms with van der Waals surface area (Å²) in [6, 6.07) is 1.99. The summed E-state index contributed by atoms with van der Waals surface area (Å²) >= 11 is 1.68. The van der Waals surface area contributed by atoms with Gasteiger partial charge in [0.1, 0.15) is 5.52 Å². The molecule has 0 aromatic carbocycles. The molecule has 0 aliphatic carbocycles. The second-order valence-electron chi connectivity index (χ2n) is 4.33. The smallest absolute Gasteiger partial charge is 0.219 e. The van der Waals surface area contributed by atoms with Crippen molar-refractivity contribution in [3.63, 3.8) is 0 Å². The molecule has 1 fully saturated rings. The first-order valence-corrected chi connectivity index (χ1v) is 6.77. The number of carbonyl (C=O) groups is 1. The Hall–Kier alpha value is -1.69. The van der Waals surface area contributed by atoms with Crippen LogP contribution in [0.5, 0.6) is 0 Å². The molecule has 3 heterocycles. The molecule has 18 heavy (non-hydrogen) atoms. The molecule has 94 valence electrons. The lowest BCUT2D eigenvalue weighted by Crippen LogP contribution is -2.48. The first-order valence-electron chi connectivity index (χ1n) is 5.95. The standard InChI is InChI=1S/C12H14N4OS/c1-9(17)15-4-6-16(7-5-15)12-14-10-8-13-3-2-11(10)18-12/h2-3,8H,4-7H2,1H3. The lowest BCUT2D eigenvalue weighted by Gasteiger charge is -2.33. The second-order valence-corrected chi connectivity index (χ2v) is 5.34. The Labute approximate surface area is 109 Å². The quantitative estimate of drug-likeness (QED) is 0.778. The van der Waals surface area contributed by atoms with Gasteiger partial charge in [-0.25, -0.2) is 4.98 Å². The number of piperazine rings is 1. The first kappa shape index (κ1) is 11.4. The number of fused-ring (bicyclic) bond motifs is 1. The summed E-state index contributed by atoms with van der Waals surface area (Å²) in [6.07, 6.45) is 3.58. The summed E-state index contributed by atoms with van der Waals surface area (Å²) in [5, 5.41) is 1.03. The molecule has 1 amide bonds. The van der Waals surface area contributed by atoms with Crippen LogP contribution in [0.15, 0.2) is 18.5 Å². The van der Waals surface area contributed by atoms with E-state index < -0.39 is 0 Å². The van der Waals surface area contributed by atoms with Crippen LogP contribution in [-0.4, -0.2) is 47.0 Å². The molecule has 5 nitrogen and oxygen atoms in total. The van der Waals surface area contributed by atoms with E-state index in [1.54, 1.807) is 30.7 Å². The Morgan fingerprint density at radius 2 is 2.11 bits per heavy atom. The fourth-order valence-electron chi connectivity index (χ4n) is 2.12. The fourth-order valence-corrected chi connectivity index (χ4v) is 3.10. The van der Waals surface area contributed by atoms with Crippen molar-refractivity contribution < 1.29 is 4.79 Å². The van der Waals surface area contributed by atoms with Crippen LogP contribution < -0.4 is 4.90 Å². The molecule has 1 aliphatic rings. The van der Waals surface area contributed by atoms with Crippen molar-refractivity contribution >= 4 is 32.6 Å². The average molecular weight is 262 g/mol. The molecule has 6 heteroatoms. The molecular weight excluding hydrogens is 248 g/mol. The highest BCUT2D eigenvalue weighted by Crippen LogP contribution is 2.28. The van der Waals surface area contributed by atoms with Crippen LogP contribution in [0.3, 0.4) is 0 Å².